The van der Waals surface area contributed by atoms with E-state index in [-0.39, 0.29) is 0 Å². The number of hydrogen-bond acceptors (Lipinski definition) is 2. The fraction of sp³-hybridized carbons (Fsp3) is 0.143. The van der Waals surface area contributed by atoms with Gasteiger partial charge in [0.2, 0.25) is 5.88 Å². The maximum atomic E-state index is 5.64. The first-order valence-electron chi connectivity index (χ1n) is 2.76. The van der Waals surface area contributed by atoms with Crippen LogP contribution < -0.4 is 4.74 Å². The fourth-order valence-electron chi connectivity index (χ4n) is 0.560. The molecule has 0 aliphatic heterocycles. The molecule has 0 bridgehead atoms. The molecule has 3 heteroatoms. The number of methoxy groups -OCH3 is 1. The van der Waals surface area contributed by atoms with Crippen molar-refractivity contribution in [3.8, 4) is 5.88 Å². The van der Waals surface area contributed by atoms with Crippen LogP contribution in [0.2, 0.25) is 5.15 Å². The van der Waals surface area contributed by atoms with Gasteiger partial charge in [0.05, 0.1) is 7.11 Å². The van der Waals surface area contributed by atoms with Crippen molar-refractivity contribution in [3.05, 3.63) is 29.8 Å². The third-order valence-electron chi connectivity index (χ3n) is 1.11. The van der Waals surface area contributed by atoms with Crippen molar-refractivity contribution in [1.29, 1.82) is 0 Å². The Morgan fingerprint density at radius 3 is 2.80 bits per heavy atom. The molecule has 53 valence electrons. The molecule has 0 saturated carbocycles. The summed E-state index contributed by atoms with van der Waals surface area (Å²) in [6.45, 7) is 3.65. The summed E-state index contributed by atoms with van der Waals surface area (Å²) < 4.78 is 4.83. The smallest absolute Gasteiger partial charge is 0.214 e. The summed E-state index contributed by atoms with van der Waals surface area (Å²) in [5.74, 6) is 0.511. The Morgan fingerprint density at radius 2 is 2.30 bits per heavy atom. The molecule has 0 aromatic carbocycles. The van der Waals surface area contributed by atoms with Crippen LogP contribution in [0.15, 0.2) is 12.1 Å². The molecule has 1 radical (unpaired) electrons. The van der Waals surface area contributed by atoms with E-state index in [1.807, 2.05) is 0 Å². The third kappa shape index (κ3) is 1.39. The van der Waals surface area contributed by atoms with Gasteiger partial charge in [0.1, 0.15) is 5.15 Å². The molecule has 10 heavy (non-hydrogen) atoms. The van der Waals surface area contributed by atoms with Crippen molar-refractivity contribution < 1.29 is 4.74 Å². The van der Waals surface area contributed by atoms with Crippen LogP contribution in [0.3, 0.4) is 0 Å². The van der Waals surface area contributed by atoms with Crippen molar-refractivity contribution >= 4 is 11.6 Å². The lowest BCUT2D eigenvalue weighted by Gasteiger charge is -1.99. The summed E-state index contributed by atoms with van der Waals surface area (Å²) in [5.41, 5.74) is 0.711. The molecule has 2 nitrogen and oxygen atoms in total. The van der Waals surface area contributed by atoms with Crippen LogP contribution in [0.25, 0.3) is 0 Å². The highest BCUT2D eigenvalue weighted by molar-refractivity contribution is 6.30. The van der Waals surface area contributed by atoms with Crippen molar-refractivity contribution in [3.63, 3.8) is 0 Å². The number of nitrogens with zero attached hydrogens (tertiary/aromatic N) is 1. The summed E-state index contributed by atoms with van der Waals surface area (Å²) in [7, 11) is 1.54. The molecule has 0 fully saturated rings. The zero-order chi connectivity index (χ0) is 7.56. The Balaban J connectivity index is 3.04. The minimum absolute atomic E-state index is 0.388. The lowest BCUT2D eigenvalue weighted by atomic mass is 10.3. The van der Waals surface area contributed by atoms with E-state index in [2.05, 4.69) is 11.9 Å². The minimum Gasteiger partial charge on any atom is -0.481 e. The van der Waals surface area contributed by atoms with Gasteiger partial charge in [-0.1, -0.05) is 17.7 Å². The standard InChI is InChI=1S/C7H7ClNO/c1-5-3-4-6(10-2)9-7(5)8/h3-4H,1H2,2H3. The fourth-order valence-corrected chi connectivity index (χ4v) is 0.706. The summed E-state index contributed by atoms with van der Waals surface area (Å²) in [6.07, 6.45) is 0. The molecule has 0 amide bonds. The van der Waals surface area contributed by atoms with Crippen LogP contribution in [0.1, 0.15) is 5.56 Å². The molecule has 0 spiro atoms. The van der Waals surface area contributed by atoms with Crippen molar-refractivity contribution in [1.82, 2.24) is 4.98 Å². The van der Waals surface area contributed by atoms with Gasteiger partial charge in [-0.05, 0) is 12.5 Å². The molecule has 0 saturated heterocycles. The highest BCUT2D eigenvalue weighted by atomic mass is 35.5. The monoisotopic (exact) mass is 156 g/mol. The van der Waals surface area contributed by atoms with E-state index in [9.17, 15) is 0 Å². The average Bonchev–Trinajstić information content (AvgIpc) is 1.95. The van der Waals surface area contributed by atoms with Gasteiger partial charge in [-0.15, -0.1) is 0 Å². The first-order chi connectivity index (χ1) is 4.74. The molecule has 0 atom stereocenters. The Morgan fingerprint density at radius 1 is 1.60 bits per heavy atom. The van der Waals surface area contributed by atoms with Crippen LogP contribution >= 0.6 is 11.6 Å². The van der Waals surface area contributed by atoms with Gasteiger partial charge in [0, 0.05) is 6.07 Å². The number of pyridine rings is 1. The minimum atomic E-state index is 0.388. The van der Waals surface area contributed by atoms with Crippen LogP contribution in [-0.4, -0.2) is 12.1 Å². The van der Waals surface area contributed by atoms with Gasteiger partial charge < -0.3 is 4.74 Å². The van der Waals surface area contributed by atoms with Crippen molar-refractivity contribution in [2.45, 2.75) is 0 Å². The van der Waals surface area contributed by atoms with Crippen LogP contribution in [0, 0.1) is 6.92 Å². The van der Waals surface area contributed by atoms with Crippen LogP contribution in [0.4, 0.5) is 0 Å². The summed E-state index contributed by atoms with van der Waals surface area (Å²) in [5, 5.41) is 0.388. The molecule has 1 aromatic heterocycles. The first-order valence-corrected chi connectivity index (χ1v) is 3.14. The Labute approximate surface area is 64.8 Å². The third-order valence-corrected chi connectivity index (χ3v) is 1.44. The highest BCUT2D eigenvalue weighted by Gasteiger charge is 1.97. The van der Waals surface area contributed by atoms with E-state index in [0.29, 0.717) is 16.6 Å². The maximum absolute atomic E-state index is 5.64. The Bertz CT molecular complexity index is 237. The molecular weight excluding hydrogens is 150 g/mol. The first kappa shape index (κ1) is 7.35. The van der Waals surface area contributed by atoms with Crippen molar-refractivity contribution in [2.24, 2.45) is 0 Å². The van der Waals surface area contributed by atoms with Gasteiger partial charge in [-0.3, -0.25) is 0 Å². The summed E-state index contributed by atoms with van der Waals surface area (Å²) >= 11 is 5.64. The average molecular weight is 157 g/mol. The number of ether oxygens (including phenoxy) is 1. The van der Waals surface area contributed by atoms with Gasteiger partial charge in [-0.2, -0.15) is 0 Å². The second-order valence-corrected chi connectivity index (χ2v) is 2.16. The topological polar surface area (TPSA) is 22.1 Å². The Hall–Kier alpha value is -0.760. The van der Waals surface area contributed by atoms with E-state index < -0.39 is 0 Å². The van der Waals surface area contributed by atoms with E-state index in [4.69, 9.17) is 16.3 Å². The Kier molecular flexibility index (Phi) is 2.12. The quantitative estimate of drug-likeness (QED) is 0.580. The van der Waals surface area contributed by atoms with E-state index in [0.717, 1.165) is 0 Å². The second-order valence-electron chi connectivity index (χ2n) is 1.80. The predicted molar refractivity (Wildman–Crippen MR) is 40.3 cm³/mol. The number of halogens is 1. The largest absolute Gasteiger partial charge is 0.481 e. The molecule has 1 aromatic rings. The normalized spacial score (nSPS) is 9.50. The number of hydrogen-bond donors (Lipinski definition) is 0. The number of aromatic nitrogens is 1. The molecule has 0 N–H and O–H groups in total. The van der Waals surface area contributed by atoms with Gasteiger partial charge in [0.15, 0.2) is 0 Å². The summed E-state index contributed by atoms with van der Waals surface area (Å²) in [6, 6.07) is 3.47. The molecule has 1 rings (SSSR count). The lowest BCUT2D eigenvalue weighted by molar-refractivity contribution is 0.398. The molecule has 0 aliphatic carbocycles. The maximum Gasteiger partial charge on any atom is 0.214 e. The van der Waals surface area contributed by atoms with Crippen LogP contribution in [0.5, 0.6) is 5.88 Å². The SMILES string of the molecule is [CH2]c1ccc(OC)nc1Cl. The van der Waals surface area contributed by atoms with E-state index in [1.54, 1.807) is 19.2 Å². The molecule has 0 unspecified atom stereocenters. The van der Waals surface area contributed by atoms with Gasteiger partial charge in [0.25, 0.3) is 0 Å². The van der Waals surface area contributed by atoms with E-state index in [1.165, 1.54) is 0 Å². The zero-order valence-electron chi connectivity index (χ0n) is 5.60. The summed E-state index contributed by atoms with van der Waals surface area (Å²) in [4.78, 5) is 3.87. The van der Waals surface area contributed by atoms with Gasteiger partial charge >= 0.3 is 0 Å². The number of rotatable bonds is 1. The molecule has 1 heterocycles. The predicted octanol–water partition coefficient (Wildman–Crippen LogP) is 1.93. The zero-order valence-corrected chi connectivity index (χ0v) is 6.35. The highest BCUT2D eigenvalue weighted by Crippen LogP contribution is 2.15. The van der Waals surface area contributed by atoms with Gasteiger partial charge in [-0.25, -0.2) is 4.98 Å². The molecule has 0 aliphatic rings. The van der Waals surface area contributed by atoms with Crippen molar-refractivity contribution in [2.75, 3.05) is 7.11 Å². The lowest BCUT2D eigenvalue weighted by Crippen LogP contribution is -1.88. The molecular formula is C7H7ClNO. The second kappa shape index (κ2) is 2.88. The van der Waals surface area contributed by atoms with Crippen LogP contribution in [-0.2, 0) is 0 Å². The van der Waals surface area contributed by atoms with E-state index >= 15 is 0 Å².